The van der Waals surface area contributed by atoms with Gasteiger partial charge in [0.25, 0.3) is 8.32 Å². The van der Waals surface area contributed by atoms with E-state index in [1.54, 1.807) is 0 Å². The average molecular weight is 575 g/mol. The zero-order valence-electron chi connectivity index (χ0n) is 26.0. The summed E-state index contributed by atoms with van der Waals surface area (Å²) in [5.41, 5.74) is 1.53. The fourth-order valence-corrected chi connectivity index (χ4v) is 12.1. The number of hydrogen-bond donors (Lipinski definition) is 2. The van der Waals surface area contributed by atoms with Gasteiger partial charge in [0.05, 0.1) is 12.2 Å². The minimum absolute atomic E-state index is 0.0124. The number of hydrogen-bond acceptors (Lipinski definition) is 3. The van der Waals surface area contributed by atoms with Crippen molar-refractivity contribution in [1.82, 2.24) is 0 Å². The van der Waals surface area contributed by atoms with Gasteiger partial charge in [0, 0.05) is 12.5 Å². The Bertz CT molecular complexity index is 1060. The van der Waals surface area contributed by atoms with E-state index in [1.807, 2.05) is 6.08 Å². The summed E-state index contributed by atoms with van der Waals surface area (Å²) in [4.78, 5) is 0. The molecule has 0 heterocycles. The Kier molecular flexibility index (Phi) is 11.7. The first-order chi connectivity index (χ1) is 19.8. The number of benzene rings is 2. The van der Waals surface area contributed by atoms with Crippen molar-refractivity contribution in [3.63, 3.8) is 0 Å². The van der Waals surface area contributed by atoms with Gasteiger partial charge in [0.1, 0.15) is 0 Å². The standard InChI is InChI=1S/C37H54O3Si/c1-5-6-7-8-17-24-34(38)36-33-27-29(26-30(33)28-35(36)39)19-12-11-18-25-40-41(37(2,3)4,31-20-13-9-14-21-31)32-22-15-10-16-23-32/h9-10,13-17,20-24,26,30,33-36,38-39H,5-8,11-12,18-19,25,27-28H2,1-4H3/b24-17+/t30-,33-,34-,35+,36-/m0/s1. The average Bonchev–Trinajstić information content (AvgIpc) is 3.48. The Labute approximate surface area is 250 Å². The van der Waals surface area contributed by atoms with Gasteiger partial charge in [-0.05, 0) is 72.2 Å². The summed E-state index contributed by atoms with van der Waals surface area (Å²) < 4.78 is 7.07. The van der Waals surface area contributed by atoms with Gasteiger partial charge in [-0.3, -0.25) is 0 Å². The molecular formula is C37H54O3Si. The van der Waals surface area contributed by atoms with E-state index in [2.05, 4.69) is 101 Å². The zero-order chi connectivity index (χ0) is 29.3. The van der Waals surface area contributed by atoms with Crippen LogP contribution in [0.25, 0.3) is 0 Å². The van der Waals surface area contributed by atoms with Crippen LogP contribution >= 0.6 is 0 Å². The number of aliphatic hydroxyl groups excluding tert-OH is 2. The zero-order valence-corrected chi connectivity index (χ0v) is 27.0. The number of allylic oxidation sites excluding steroid dienone is 3. The Morgan fingerprint density at radius 3 is 2.20 bits per heavy atom. The molecule has 0 unspecified atom stereocenters. The Balaban J connectivity index is 1.28. The maximum absolute atomic E-state index is 10.9. The molecule has 2 aliphatic rings. The Hall–Kier alpha value is -1.98. The first-order valence-electron chi connectivity index (χ1n) is 16.2. The van der Waals surface area contributed by atoms with Crippen LogP contribution in [-0.2, 0) is 4.43 Å². The lowest BCUT2D eigenvalue weighted by molar-refractivity contribution is 0.0367. The number of unbranched alkanes of at least 4 members (excludes halogenated alkanes) is 5. The largest absolute Gasteiger partial charge is 0.407 e. The molecule has 2 aromatic carbocycles. The molecule has 2 N–H and O–H groups in total. The molecule has 4 rings (SSSR count). The van der Waals surface area contributed by atoms with E-state index in [0.29, 0.717) is 11.8 Å². The van der Waals surface area contributed by atoms with Crippen LogP contribution in [0.15, 0.2) is 84.5 Å². The van der Waals surface area contributed by atoms with Crippen LogP contribution in [0.4, 0.5) is 0 Å². The van der Waals surface area contributed by atoms with Gasteiger partial charge in [0.15, 0.2) is 0 Å². The molecule has 0 radical (unpaired) electrons. The van der Waals surface area contributed by atoms with E-state index in [-0.39, 0.29) is 11.0 Å². The van der Waals surface area contributed by atoms with E-state index < -0.39 is 20.5 Å². The minimum atomic E-state index is -2.46. The maximum atomic E-state index is 10.9. The summed E-state index contributed by atoms with van der Waals surface area (Å²) in [6.07, 6.45) is 16.6. The molecule has 3 nitrogen and oxygen atoms in total. The molecule has 4 heteroatoms. The molecular weight excluding hydrogens is 520 g/mol. The van der Waals surface area contributed by atoms with Crippen LogP contribution in [-0.4, -0.2) is 37.3 Å². The molecule has 41 heavy (non-hydrogen) atoms. The van der Waals surface area contributed by atoms with Crippen molar-refractivity contribution in [2.24, 2.45) is 17.8 Å². The monoisotopic (exact) mass is 574 g/mol. The fourth-order valence-electron chi connectivity index (χ4n) is 7.49. The molecule has 224 valence electrons. The first-order valence-corrected chi connectivity index (χ1v) is 18.2. The molecule has 1 saturated carbocycles. The molecule has 0 amide bonds. The molecule has 2 aliphatic carbocycles. The van der Waals surface area contributed by atoms with Crippen LogP contribution < -0.4 is 10.4 Å². The predicted molar refractivity (Wildman–Crippen MR) is 175 cm³/mol. The van der Waals surface area contributed by atoms with Gasteiger partial charge in [-0.15, -0.1) is 0 Å². The normalized spacial score (nSPS) is 23.6. The lowest BCUT2D eigenvalue weighted by atomic mass is 9.85. The van der Waals surface area contributed by atoms with E-state index in [9.17, 15) is 10.2 Å². The second kappa shape index (κ2) is 15.0. The highest BCUT2D eigenvalue weighted by Gasteiger charge is 2.50. The van der Waals surface area contributed by atoms with Gasteiger partial charge in [0.2, 0.25) is 0 Å². The van der Waals surface area contributed by atoms with Crippen molar-refractivity contribution in [2.45, 2.75) is 109 Å². The highest BCUT2D eigenvalue weighted by Crippen LogP contribution is 2.49. The van der Waals surface area contributed by atoms with Gasteiger partial charge in [-0.2, -0.15) is 0 Å². The second-order valence-corrected chi connectivity index (χ2v) is 17.8. The van der Waals surface area contributed by atoms with Crippen molar-refractivity contribution >= 4 is 18.7 Å². The molecule has 1 fully saturated rings. The number of rotatable bonds is 15. The number of fused-ring (bicyclic) bond motifs is 1. The van der Waals surface area contributed by atoms with Crippen LogP contribution in [0.2, 0.25) is 5.04 Å². The predicted octanol–water partition coefficient (Wildman–Crippen LogP) is 7.56. The van der Waals surface area contributed by atoms with Crippen molar-refractivity contribution in [1.29, 1.82) is 0 Å². The highest BCUT2D eigenvalue weighted by molar-refractivity contribution is 6.99. The fraction of sp³-hybridized carbons (Fsp3) is 0.568. The van der Waals surface area contributed by atoms with Crippen molar-refractivity contribution < 1.29 is 14.6 Å². The molecule has 0 bridgehead atoms. The van der Waals surface area contributed by atoms with Gasteiger partial charge >= 0.3 is 0 Å². The van der Waals surface area contributed by atoms with Crippen molar-refractivity contribution in [3.8, 4) is 0 Å². The Morgan fingerprint density at radius 2 is 1.59 bits per heavy atom. The summed E-state index contributed by atoms with van der Waals surface area (Å²) in [5, 5.41) is 24.3. The van der Waals surface area contributed by atoms with E-state index in [1.165, 1.54) is 41.6 Å². The van der Waals surface area contributed by atoms with Crippen LogP contribution in [0.3, 0.4) is 0 Å². The molecule has 0 spiro atoms. The van der Waals surface area contributed by atoms with Crippen LogP contribution in [0.5, 0.6) is 0 Å². The van der Waals surface area contributed by atoms with Gasteiger partial charge in [-0.1, -0.05) is 131 Å². The number of aliphatic hydroxyl groups is 2. The third kappa shape index (κ3) is 7.70. The van der Waals surface area contributed by atoms with Gasteiger partial charge in [-0.25, -0.2) is 0 Å². The summed E-state index contributed by atoms with van der Waals surface area (Å²) >= 11 is 0. The van der Waals surface area contributed by atoms with E-state index in [4.69, 9.17) is 4.43 Å². The third-order valence-corrected chi connectivity index (χ3v) is 14.6. The Morgan fingerprint density at radius 1 is 0.927 bits per heavy atom. The topological polar surface area (TPSA) is 49.7 Å². The summed E-state index contributed by atoms with van der Waals surface area (Å²) in [5.74, 6) is 0.774. The van der Waals surface area contributed by atoms with Gasteiger partial charge < -0.3 is 14.6 Å². The van der Waals surface area contributed by atoms with E-state index >= 15 is 0 Å². The van der Waals surface area contributed by atoms with Crippen molar-refractivity contribution in [3.05, 3.63) is 84.5 Å². The first kappa shape index (κ1) is 31.9. The molecule has 2 aromatic rings. The molecule has 0 aromatic heterocycles. The van der Waals surface area contributed by atoms with Crippen molar-refractivity contribution in [2.75, 3.05) is 6.61 Å². The molecule has 0 aliphatic heterocycles. The summed E-state index contributed by atoms with van der Waals surface area (Å²) in [6.45, 7) is 10.0. The maximum Gasteiger partial charge on any atom is 0.261 e. The minimum Gasteiger partial charge on any atom is -0.407 e. The highest BCUT2D eigenvalue weighted by atomic mass is 28.4. The molecule has 5 atom stereocenters. The quantitative estimate of drug-likeness (QED) is 0.131. The van der Waals surface area contributed by atoms with E-state index in [0.717, 1.165) is 45.1 Å². The van der Waals surface area contributed by atoms with Crippen LogP contribution in [0, 0.1) is 17.8 Å². The second-order valence-electron chi connectivity index (χ2n) is 13.5. The SMILES string of the molecule is CCCCC/C=C/[C@H](O)[C@@H]1[C@H]2CC(CCCCCO[Si](c3ccccc3)(c3ccccc3)C(C)(C)C)=C[C@H]2C[C@H]1O. The summed E-state index contributed by atoms with van der Waals surface area (Å²) in [6, 6.07) is 21.8. The van der Waals surface area contributed by atoms with Crippen LogP contribution in [0.1, 0.15) is 91.9 Å². The smallest absolute Gasteiger partial charge is 0.261 e. The lowest BCUT2D eigenvalue weighted by Gasteiger charge is -2.43. The molecule has 0 saturated heterocycles. The summed E-state index contributed by atoms with van der Waals surface area (Å²) in [7, 11) is -2.46. The third-order valence-electron chi connectivity index (χ3n) is 9.53. The lowest BCUT2D eigenvalue weighted by Crippen LogP contribution is -2.66.